The summed E-state index contributed by atoms with van der Waals surface area (Å²) in [6.45, 7) is 8.03. The first-order valence-electron chi connectivity index (χ1n) is 7.99. The Balaban J connectivity index is 2.21. The van der Waals surface area contributed by atoms with Gasteiger partial charge in [-0.1, -0.05) is 48.5 Å². The molecule has 1 nitrogen and oxygen atoms in total. The molecular weight excluding hydrogens is 254 g/mol. The fourth-order valence-corrected chi connectivity index (χ4v) is 4.01. The number of rotatable bonds is 3. The summed E-state index contributed by atoms with van der Waals surface area (Å²) < 4.78 is 0. The average Bonchev–Trinajstić information content (AvgIpc) is 3.02. The molecule has 0 spiro atoms. The van der Waals surface area contributed by atoms with Gasteiger partial charge in [0.15, 0.2) is 0 Å². The molecule has 3 rings (SSSR count). The van der Waals surface area contributed by atoms with E-state index in [4.69, 9.17) is 0 Å². The van der Waals surface area contributed by atoms with Gasteiger partial charge in [0.1, 0.15) is 0 Å². The molecule has 1 heteroatoms. The molecule has 0 aromatic heterocycles. The molecule has 1 heterocycles. The zero-order valence-corrected chi connectivity index (χ0v) is 13.3. The lowest BCUT2D eigenvalue weighted by Crippen LogP contribution is -2.44. The number of aryl methyl sites for hydroxylation is 2. The van der Waals surface area contributed by atoms with E-state index in [1.807, 2.05) is 0 Å². The molecule has 1 aliphatic heterocycles. The van der Waals surface area contributed by atoms with E-state index in [0.717, 1.165) is 6.54 Å². The van der Waals surface area contributed by atoms with Crippen LogP contribution in [-0.4, -0.2) is 12.6 Å². The number of benzene rings is 2. The van der Waals surface area contributed by atoms with Gasteiger partial charge in [-0.15, -0.1) is 0 Å². The van der Waals surface area contributed by atoms with Crippen LogP contribution in [-0.2, 0) is 5.41 Å². The van der Waals surface area contributed by atoms with Crippen molar-refractivity contribution < 1.29 is 0 Å². The predicted octanol–water partition coefficient (Wildman–Crippen LogP) is 4.36. The summed E-state index contributed by atoms with van der Waals surface area (Å²) in [5, 5.41) is 3.75. The largest absolute Gasteiger partial charge is 0.313 e. The first-order valence-corrected chi connectivity index (χ1v) is 7.99. The van der Waals surface area contributed by atoms with Crippen molar-refractivity contribution in [3.05, 3.63) is 70.8 Å². The summed E-state index contributed by atoms with van der Waals surface area (Å²) in [5.74, 6) is 0. The Kier molecular flexibility index (Phi) is 3.86. The highest BCUT2D eigenvalue weighted by Gasteiger charge is 2.40. The van der Waals surface area contributed by atoms with E-state index < -0.39 is 0 Å². The van der Waals surface area contributed by atoms with Crippen molar-refractivity contribution in [2.45, 2.75) is 45.1 Å². The van der Waals surface area contributed by atoms with Crippen LogP contribution in [0, 0.1) is 13.8 Å². The Hall–Kier alpha value is -1.60. The molecule has 21 heavy (non-hydrogen) atoms. The maximum Gasteiger partial charge on any atom is 0.0332 e. The second kappa shape index (κ2) is 5.65. The van der Waals surface area contributed by atoms with Crippen molar-refractivity contribution in [2.75, 3.05) is 6.54 Å². The lowest BCUT2D eigenvalue weighted by molar-refractivity contribution is 0.403. The third-order valence-corrected chi connectivity index (χ3v) is 5.17. The third kappa shape index (κ3) is 2.40. The van der Waals surface area contributed by atoms with E-state index in [-0.39, 0.29) is 5.41 Å². The Morgan fingerprint density at radius 1 is 0.905 bits per heavy atom. The van der Waals surface area contributed by atoms with Crippen LogP contribution in [0.4, 0.5) is 0 Å². The monoisotopic (exact) mass is 279 g/mol. The van der Waals surface area contributed by atoms with Crippen molar-refractivity contribution in [3.63, 3.8) is 0 Å². The van der Waals surface area contributed by atoms with Crippen LogP contribution in [0.15, 0.2) is 48.5 Å². The fourth-order valence-electron chi connectivity index (χ4n) is 4.01. The highest BCUT2D eigenvalue weighted by Crippen LogP contribution is 2.41. The number of hydrogen-bond donors (Lipinski definition) is 1. The first-order chi connectivity index (χ1) is 10.1. The predicted molar refractivity (Wildman–Crippen MR) is 89.8 cm³/mol. The Morgan fingerprint density at radius 3 is 1.86 bits per heavy atom. The number of hydrogen-bond acceptors (Lipinski definition) is 1. The summed E-state index contributed by atoms with van der Waals surface area (Å²) in [5.41, 5.74) is 5.72. The van der Waals surface area contributed by atoms with Crippen LogP contribution in [0.5, 0.6) is 0 Å². The molecule has 1 atom stereocenters. The molecule has 1 aliphatic rings. The van der Waals surface area contributed by atoms with Crippen molar-refractivity contribution >= 4 is 0 Å². The van der Waals surface area contributed by atoms with Gasteiger partial charge in [-0.25, -0.2) is 0 Å². The van der Waals surface area contributed by atoms with Crippen molar-refractivity contribution in [1.29, 1.82) is 0 Å². The molecule has 0 amide bonds. The normalized spacial score (nSPS) is 18.9. The van der Waals surface area contributed by atoms with Gasteiger partial charge < -0.3 is 5.32 Å². The summed E-state index contributed by atoms with van der Waals surface area (Å²) >= 11 is 0. The average molecular weight is 279 g/mol. The van der Waals surface area contributed by atoms with Gasteiger partial charge in [0.2, 0.25) is 0 Å². The summed E-state index contributed by atoms with van der Waals surface area (Å²) in [6.07, 6.45) is 2.52. The molecule has 0 bridgehead atoms. The van der Waals surface area contributed by atoms with E-state index in [9.17, 15) is 0 Å². The molecule has 110 valence electrons. The zero-order valence-electron chi connectivity index (χ0n) is 13.3. The molecule has 1 N–H and O–H groups in total. The number of nitrogens with one attached hydrogen (secondary N) is 1. The second-order valence-electron chi connectivity index (χ2n) is 6.48. The summed E-state index contributed by atoms with van der Waals surface area (Å²) in [4.78, 5) is 0. The van der Waals surface area contributed by atoms with Crippen molar-refractivity contribution in [2.24, 2.45) is 0 Å². The maximum absolute atomic E-state index is 3.75. The molecule has 0 radical (unpaired) electrons. The first kappa shape index (κ1) is 14.3. The Morgan fingerprint density at radius 2 is 1.43 bits per heavy atom. The Labute approximate surface area is 128 Å². The standard InChI is InChI=1S/C20H25N/c1-15-9-4-6-11-17(15)20(3,19-13-8-14-21-19)18-12-7-5-10-16(18)2/h4-7,9-12,19,21H,8,13-14H2,1-3H3. The second-order valence-corrected chi connectivity index (χ2v) is 6.48. The van der Waals surface area contributed by atoms with Crippen LogP contribution in [0.2, 0.25) is 0 Å². The van der Waals surface area contributed by atoms with Gasteiger partial charge in [0.25, 0.3) is 0 Å². The third-order valence-electron chi connectivity index (χ3n) is 5.17. The van der Waals surface area contributed by atoms with Crippen molar-refractivity contribution in [1.82, 2.24) is 5.32 Å². The molecular formula is C20H25N. The van der Waals surface area contributed by atoms with Gasteiger partial charge >= 0.3 is 0 Å². The van der Waals surface area contributed by atoms with Crippen LogP contribution in [0.3, 0.4) is 0 Å². The minimum atomic E-state index is 0.0349. The van der Waals surface area contributed by atoms with Crippen LogP contribution >= 0.6 is 0 Å². The lowest BCUT2D eigenvalue weighted by atomic mass is 9.67. The molecule has 1 saturated heterocycles. The van der Waals surface area contributed by atoms with E-state index in [0.29, 0.717) is 6.04 Å². The lowest BCUT2D eigenvalue weighted by Gasteiger charge is -2.39. The molecule has 0 saturated carbocycles. The van der Waals surface area contributed by atoms with Gasteiger partial charge in [-0.2, -0.15) is 0 Å². The van der Waals surface area contributed by atoms with Gasteiger partial charge in [-0.3, -0.25) is 0 Å². The van der Waals surface area contributed by atoms with E-state index in [2.05, 4.69) is 74.6 Å². The molecule has 2 aromatic rings. The fraction of sp³-hybridized carbons (Fsp3) is 0.400. The summed E-state index contributed by atoms with van der Waals surface area (Å²) in [7, 11) is 0. The van der Waals surface area contributed by atoms with E-state index in [1.54, 1.807) is 0 Å². The highest BCUT2D eigenvalue weighted by atomic mass is 15.0. The smallest absolute Gasteiger partial charge is 0.0332 e. The minimum absolute atomic E-state index is 0.0349. The van der Waals surface area contributed by atoms with E-state index >= 15 is 0 Å². The molecule has 2 aromatic carbocycles. The maximum atomic E-state index is 3.75. The van der Waals surface area contributed by atoms with E-state index in [1.165, 1.54) is 35.1 Å². The van der Waals surface area contributed by atoms with Crippen LogP contribution < -0.4 is 5.32 Å². The highest BCUT2D eigenvalue weighted by molar-refractivity contribution is 5.47. The minimum Gasteiger partial charge on any atom is -0.313 e. The topological polar surface area (TPSA) is 12.0 Å². The van der Waals surface area contributed by atoms with Crippen LogP contribution in [0.25, 0.3) is 0 Å². The quantitative estimate of drug-likeness (QED) is 0.880. The Bertz CT molecular complexity index is 578. The SMILES string of the molecule is Cc1ccccc1C(C)(c1ccccc1C)C1CCCN1. The van der Waals surface area contributed by atoms with Gasteiger partial charge in [0.05, 0.1) is 0 Å². The van der Waals surface area contributed by atoms with Gasteiger partial charge in [0, 0.05) is 11.5 Å². The van der Waals surface area contributed by atoms with Crippen LogP contribution in [0.1, 0.15) is 42.0 Å². The molecule has 1 unspecified atom stereocenters. The summed E-state index contributed by atoms with van der Waals surface area (Å²) in [6, 6.07) is 18.2. The zero-order chi connectivity index (χ0) is 14.9. The van der Waals surface area contributed by atoms with Crippen molar-refractivity contribution in [3.8, 4) is 0 Å². The molecule has 1 fully saturated rings. The molecule has 0 aliphatic carbocycles. The van der Waals surface area contributed by atoms with Gasteiger partial charge in [-0.05, 0) is 62.4 Å².